The molecule has 1 aromatic heterocycles. The van der Waals surface area contributed by atoms with E-state index in [2.05, 4.69) is 30.6 Å². The Hall–Kier alpha value is -3.51. The lowest BCUT2D eigenvalue weighted by Gasteiger charge is -2.14. The molecule has 0 radical (unpaired) electrons. The zero-order valence-electron chi connectivity index (χ0n) is 17.4. The van der Waals surface area contributed by atoms with Gasteiger partial charge in [-0.1, -0.05) is 23.7 Å². The lowest BCUT2D eigenvalue weighted by Crippen LogP contribution is -2.24. The van der Waals surface area contributed by atoms with Crippen molar-refractivity contribution in [2.75, 3.05) is 28.2 Å². The molecule has 174 valence electrons. The van der Waals surface area contributed by atoms with Crippen LogP contribution in [0, 0.1) is 11.6 Å². The maximum absolute atomic E-state index is 14.3. The number of carbonyl (C=O) groups is 1. The van der Waals surface area contributed by atoms with E-state index in [1.54, 1.807) is 25.1 Å². The molecule has 2 aromatic carbocycles. The van der Waals surface area contributed by atoms with Gasteiger partial charge in [-0.05, 0) is 25.1 Å². The lowest BCUT2D eigenvalue weighted by molar-refractivity contribution is 0.0951. The van der Waals surface area contributed by atoms with Gasteiger partial charge in [0.15, 0.2) is 5.82 Å². The molecule has 0 bridgehead atoms. The molecule has 3 rings (SSSR count). The topological polar surface area (TPSA) is 125 Å². The molecule has 0 atom stereocenters. The minimum absolute atomic E-state index is 0.0865. The fraction of sp³-hybridized carbons (Fsp3) is 0.150. The van der Waals surface area contributed by atoms with Crippen molar-refractivity contribution in [2.24, 2.45) is 0 Å². The van der Waals surface area contributed by atoms with E-state index >= 15 is 0 Å². The van der Waals surface area contributed by atoms with Crippen LogP contribution in [0.15, 0.2) is 42.6 Å². The number of nitrogens with zero attached hydrogens (tertiary/aromatic N) is 2. The Morgan fingerprint density at radius 3 is 2.42 bits per heavy atom. The van der Waals surface area contributed by atoms with Gasteiger partial charge in [-0.3, -0.25) is 9.52 Å². The summed E-state index contributed by atoms with van der Waals surface area (Å²) in [5.41, 5.74) is 0.0141. The molecule has 1 heterocycles. The summed E-state index contributed by atoms with van der Waals surface area (Å²) in [4.78, 5) is 20.1. The van der Waals surface area contributed by atoms with E-state index in [9.17, 15) is 22.0 Å². The molecular formula is C20H19ClF2N6O3S. The summed E-state index contributed by atoms with van der Waals surface area (Å²) in [6.07, 6.45) is 2.24. The second kappa shape index (κ2) is 9.96. The van der Waals surface area contributed by atoms with E-state index in [1.807, 2.05) is 0 Å². The summed E-state index contributed by atoms with van der Waals surface area (Å²) in [6.45, 7) is 1.93. The van der Waals surface area contributed by atoms with Crippen LogP contribution in [0.25, 0.3) is 0 Å². The maximum Gasteiger partial charge on any atom is 0.254 e. The number of anilines is 5. The van der Waals surface area contributed by atoms with Gasteiger partial charge in [-0.15, -0.1) is 0 Å². The van der Waals surface area contributed by atoms with Gasteiger partial charge in [0.05, 0.1) is 35.1 Å². The average Bonchev–Trinajstić information content (AvgIpc) is 2.73. The lowest BCUT2D eigenvalue weighted by atomic mass is 10.1. The van der Waals surface area contributed by atoms with Crippen molar-refractivity contribution in [3.63, 3.8) is 0 Å². The van der Waals surface area contributed by atoms with Crippen LogP contribution in [0.4, 0.5) is 37.6 Å². The largest absolute Gasteiger partial charge is 0.352 e. The molecule has 3 aromatic rings. The van der Waals surface area contributed by atoms with Gasteiger partial charge in [-0.2, -0.15) is 4.98 Å². The summed E-state index contributed by atoms with van der Waals surface area (Å²) in [5, 5.41) is 8.02. The highest BCUT2D eigenvalue weighted by Gasteiger charge is 2.17. The van der Waals surface area contributed by atoms with Gasteiger partial charge >= 0.3 is 0 Å². The standard InChI is InChI=1S/C20H19ClF2N6O3S/c1-3-24-19(30)11-8-17(14(23)9-13(11)22)27-20-25-10-12(21)18(28-20)26-15-6-4-5-7-16(15)29-33(2,31)32/h4-10,29H,3H2,1-2H3,(H,24,30)(H2,25,26,27,28). The molecule has 33 heavy (non-hydrogen) atoms. The molecular weight excluding hydrogens is 478 g/mol. The Morgan fingerprint density at radius 1 is 1.06 bits per heavy atom. The minimum Gasteiger partial charge on any atom is -0.352 e. The van der Waals surface area contributed by atoms with Gasteiger partial charge in [0, 0.05) is 12.6 Å². The highest BCUT2D eigenvalue weighted by atomic mass is 35.5. The molecule has 9 nitrogen and oxygen atoms in total. The first kappa shape index (κ1) is 24.1. The van der Waals surface area contributed by atoms with Crippen LogP contribution in [0.2, 0.25) is 5.02 Å². The SMILES string of the molecule is CCNC(=O)c1cc(Nc2ncc(Cl)c(Nc3ccccc3NS(C)(=O)=O)n2)c(F)cc1F. The van der Waals surface area contributed by atoms with Crippen LogP contribution >= 0.6 is 11.6 Å². The second-order valence-electron chi connectivity index (χ2n) is 6.73. The number of para-hydroxylation sites is 2. The van der Waals surface area contributed by atoms with Crippen molar-refractivity contribution >= 4 is 56.4 Å². The number of aromatic nitrogens is 2. The van der Waals surface area contributed by atoms with Crippen LogP contribution < -0.4 is 20.7 Å². The van der Waals surface area contributed by atoms with E-state index in [0.717, 1.165) is 12.3 Å². The molecule has 0 saturated heterocycles. The van der Waals surface area contributed by atoms with Crippen molar-refractivity contribution in [2.45, 2.75) is 6.92 Å². The molecule has 13 heteroatoms. The highest BCUT2D eigenvalue weighted by Crippen LogP contribution is 2.30. The number of benzene rings is 2. The molecule has 1 amide bonds. The van der Waals surface area contributed by atoms with E-state index in [4.69, 9.17) is 11.6 Å². The van der Waals surface area contributed by atoms with Gasteiger partial charge in [0.1, 0.15) is 16.7 Å². The van der Waals surface area contributed by atoms with E-state index in [1.165, 1.54) is 12.3 Å². The predicted molar refractivity (Wildman–Crippen MR) is 123 cm³/mol. The van der Waals surface area contributed by atoms with Crippen LogP contribution in [0.5, 0.6) is 0 Å². The number of amides is 1. The normalized spacial score (nSPS) is 11.1. The van der Waals surface area contributed by atoms with Crippen LogP contribution in [0.1, 0.15) is 17.3 Å². The Kier molecular flexibility index (Phi) is 7.29. The molecule has 0 spiro atoms. The Labute approximate surface area is 193 Å². The Morgan fingerprint density at radius 2 is 1.76 bits per heavy atom. The highest BCUT2D eigenvalue weighted by molar-refractivity contribution is 7.92. The third kappa shape index (κ3) is 6.26. The Balaban J connectivity index is 1.91. The number of halogens is 3. The molecule has 0 saturated carbocycles. The fourth-order valence-corrected chi connectivity index (χ4v) is 3.43. The smallest absolute Gasteiger partial charge is 0.254 e. The molecule has 0 aliphatic carbocycles. The predicted octanol–water partition coefficient (Wildman–Crippen LogP) is 4.02. The summed E-state index contributed by atoms with van der Waals surface area (Å²) >= 11 is 6.16. The van der Waals surface area contributed by atoms with E-state index in [-0.39, 0.29) is 40.3 Å². The van der Waals surface area contributed by atoms with Crippen molar-refractivity contribution in [1.29, 1.82) is 0 Å². The third-order valence-electron chi connectivity index (χ3n) is 4.10. The van der Waals surface area contributed by atoms with Crippen molar-refractivity contribution < 1.29 is 22.0 Å². The van der Waals surface area contributed by atoms with E-state index in [0.29, 0.717) is 11.8 Å². The molecule has 0 aliphatic heterocycles. The average molecular weight is 497 g/mol. The van der Waals surface area contributed by atoms with Gasteiger partial charge in [-0.25, -0.2) is 22.2 Å². The first-order chi connectivity index (χ1) is 15.6. The summed E-state index contributed by atoms with van der Waals surface area (Å²) in [7, 11) is -3.55. The molecule has 0 fully saturated rings. The monoisotopic (exact) mass is 496 g/mol. The quantitative estimate of drug-likeness (QED) is 0.371. The molecule has 0 unspecified atom stereocenters. The first-order valence-corrected chi connectivity index (χ1v) is 11.7. The fourth-order valence-electron chi connectivity index (χ4n) is 2.72. The van der Waals surface area contributed by atoms with Crippen LogP contribution in [-0.2, 0) is 10.0 Å². The zero-order valence-corrected chi connectivity index (χ0v) is 19.0. The number of hydrogen-bond donors (Lipinski definition) is 4. The maximum atomic E-state index is 14.3. The summed E-state index contributed by atoms with van der Waals surface area (Å²) in [5.74, 6) is -2.70. The number of carbonyl (C=O) groups excluding carboxylic acids is 1. The zero-order chi connectivity index (χ0) is 24.2. The summed E-state index contributed by atoms with van der Waals surface area (Å²) in [6, 6.07) is 8.02. The Bertz CT molecular complexity index is 1310. The minimum atomic E-state index is -3.55. The van der Waals surface area contributed by atoms with Gasteiger partial charge < -0.3 is 16.0 Å². The van der Waals surface area contributed by atoms with Crippen molar-refractivity contribution in [1.82, 2.24) is 15.3 Å². The molecule has 0 aliphatic rings. The number of hydrogen-bond acceptors (Lipinski definition) is 7. The van der Waals surface area contributed by atoms with Crippen molar-refractivity contribution in [3.05, 3.63) is 64.8 Å². The van der Waals surface area contributed by atoms with Crippen LogP contribution in [0.3, 0.4) is 0 Å². The second-order valence-corrected chi connectivity index (χ2v) is 8.89. The number of rotatable bonds is 8. The number of sulfonamides is 1. The number of nitrogens with one attached hydrogen (secondary N) is 4. The summed E-state index contributed by atoms with van der Waals surface area (Å²) < 4.78 is 53.9. The van der Waals surface area contributed by atoms with Crippen molar-refractivity contribution in [3.8, 4) is 0 Å². The first-order valence-electron chi connectivity index (χ1n) is 9.48. The van der Waals surface area contributed by atoms with Gasteiger partial charge in [0.2, 0.25) is 16.0 Å². The van der Waals surface area contributed by atoms with Gasteiger partial charge in [0.25, 0.3) is 5.91 Å². The van der Waals surface area contributed by atoms with Crippen LogP contribution in [-0.4, -0.2) is 37.1 Å². The third-order valence-corrected chi connectivity index (χ3v) is 4.97. The molecule has 4 N–H and O–H groups in total. The van der Waals surface area contributed by atoms with E-state index < -0.39 is 27.6 Å².